The van der Waals surface area contributed by atoms with Crippen molar-refractivity contribution in [2.45, 2.75) is 6.42 Å². The van der Waals surface area contributed by atoms with Gasteiger partial charge in [0.25, 0.3) is 0 Å². The summed E-state index contributed by atoms with van der Waals surface area (Å²) in [6, 6.07) is 5.89. The fraction of sp³-hybridized carbons (Fsp3) is 0.333. The van der Waals surface area contributed by atoms with Gasteiger partial charge in [0.15, 0.2) is 5.96 Å². The van der Waals surface area contributed by atoms with Gasteiger partial charge in [-0.1, -0.05) is 12.0 Å². The summed E-state index contributed by atoms with van der Waals surface area (Å²) in [5.41, 5.74) is 1.06. The van der Waals surface area contributed by atoms with Crippen LogP contribution in [0.1, 0.15) is 5.69 Å². The maximum Gasteiger partial charge on any atom is 0.191 e. The first kappa shape index (κ1) is 15.7. The molecule has 0 fully saturated rings. The predicted octanol–water partition coefficient (Wildman–Crippen LogP) is 1.04. The van der Waals surface area contributed by atoms with Crippen molar-refractivity contribution in [2.75, 3.05) is 20.1 Å². The number of pyridine rings is 1. The molecule has 17 heavy (non-hydrogen) atoms. The summed E-state index contributed by atoms with van der Waals surface area (Å²) in [5.74, 6) is 3.21. The Morgan fingerprint density at radius 1 is 1.47 bits per heavy atom. The Balaban J connectivity index is 0.00000256. The minimum atomic E-state index is 0. The maximum atomic E-state index is 5.15. The van der Waals surface area contributed by atoms with Crippen molar-refractivity contribution < 1.29 is 0 Å². The van der Waals surface area contributed by atoms with Crippen LogP contribution in [0.25, 0.3) is 0 Å². The highest BCUT2D eigenvalue weighted by atomic mass is 127. The molecular weight excluding hydrogens is 327 g/mol. The first-order valence-electron chi connectivity index (χ1n) is 5.14. The SMILES string of the molecule is C#CCNC(=NC)NCCc1ccccn1.I. The average Bonchev–Trinajstić information content (AvgIpc) is 2.35. The van der Waals surface area contributed by atoms with Crippen molar-refractivity contribution in [2.24, 2.45) is 4.99 Å². The van der Waals surface area contributed by atoms with Crippen molar-refractivity contribution >= 4 is 29.9 Å². The Bertz CT molecular complexity index is 370. The molecule has 0 atom stereocenters. The Labute approximate surface area is 119 Å². The Hall–Kier alpha value is -1.29. The normalized spacial score (nSPS) is 10.0. The number of guanidine groups is 1. The van der Waals surface area contributed by atoms with E-state index in [0.29, 0.717) is 12.5 Å². The molecule has 0 bridgehead atoms. The van der Waals surface area contributed by atoms with Crippen molar-refractivity contribution in [3.8, 4) is 12.3 Å². The third kappa shape index (κ3) is 6.79. The molecule has 1 rings (SSSR count). The molecule has 0 radical (unpaired) electrons. The van der Waals surface area contributed by atoms with Gasteiger partial charge in [-0.3, -0.25) is 9.98 Å². The van der Waals surface area contributed by atoms with Crippen LogP contribution in [0.3, 0.4) is 0 Å². The molecule has 1 aromatic rings. The summed E-state index contributed by atoms with van der Waals surface area (Å²) in [7, 11) is 1.71. The monoisotopic (exact) mass is 344 g/mol. The number of halogens is 1. The second kappa shape index (κ2) is 9.90. The lowest BCUT2D eigenvalue weighted by molar-refractivity contribution is 0.808. The molecular formula is C12H17IN4. The summed E-state index contributed by atoms with van der Waals surface area (Å²) in [4.78, 5) is 8.27. The van der Waals surface area contributed by atoms with Gasteiger partial charge in [-0.2, -0.15) is 0 Å². The molecule has 0 aromatic carbocycles. The summed E-state index contributed by atoms with van der Waals surface area (Å²) in [5, 5.41) is 6.14. The quantitative estimate of drug-likeness (QED) is 0.371. The number of nitrogens with zero attached hydrogens (tertiary/aromatic N) is 2. The number of rotatable bonds is 4. The lowest BCUT2D eigenvalue weighted by atomic mass is 10.3. The Morgan fingerprint density at radius 2 is 2.29 bits per heavy atom. The number of aromatic nitrogens is 1. The second-order valence-corrected chi connectivity index (χ2v) is 3.13. The molecule has 1 aromatic heterocycles. The van der Waals surface area contributed by atoms with Crippen LogP contribution in [0.4, 0.5) is 0 Å². The number of hydrogen-bond acceptors (Lipinski definition) is 2. The fourth-order valence-corrected chi connectivity index (χ4v) is 1.21. The highest BCUT2D eigenvalue weighted by molar-refractivity contribution is 14.0. The summed E-state index contributed by atoms with van der Waals surface area (Å²) >= 11 is 0. The van der Waals surface area contributed by atoms with Gasteiger partial charge in [0.2, 0.25) is 0 Å². The number of nitrogens with one attached hydrogen (secondary N) is 2. The molecule has 0 aliphatic carbocycles. The van der Waals surface area contributed by atoms with Crippen LogP contribution in [0.15, 0.2) is 29.4 Å². The van der Waals surface area contributed by atoms with Crippen LogP contribution in [-0.4, -0.2) is 31.1 Å². The summed E-state index contributed by atoms with van der Waals surface area (Å²) in [6.45, 7) is 1.25. The van der Waals surface area contributed by atoms with E-state index in [0.717, 1.165) is 18.7 Å². The fourth-order valence-electron chi connectivity index (χ4n) is 1.21. The lowest BCUT2D eigenvalue weighted by Crippen LogP contribution is -2.38. The third-order valence-corrected chi connectivity index (χ3v) is 1.98. The van der Waals surface area contributed by atoms with Gasteiger partial charge in [0, 0.05) is 31.9 Å². The van der Waals surface area contributed by atoms with E-state index >= 15 is 0 Å². The van der Waals surface area contributed by atoms with E-state index in [1.807, 2.05) is 18.2 Å². The molecule has 92 valence electrons. The van der Waals surface area contributed by atoms with Gasteiger partial charge < -0.3 is 10.6 Å². The summed E-state index contributed by atoms with van der Waals surface area (Å²) < 4.78 is 0. The number of hydrogen-bond donors (Lipinski definition) is 2. The van der Waals surface area contributed by atoms with Gasteiger partial charge in [0.1, 0.15) is 0 Å². The van der Waals surface area contributed by atoms with Crippen LogP contribution < -0.4 is 10.6 Å². The Morgan fingerprint density at radius 3 is 2.88 bits per heavy atom. The highest BCUT2D eigenvalue weighted by Gasteiger charge is 1.96. The largest absolute Gasteiger partial charge is 0.356 e. The first-order chi connectivity index (χ1) is 7.86. The lowest BCUT2D eigenvalue weighted by Gasteiger charge is -2.09. The van der Waals surface area contributed by atoms with Crippen molar-refractivity contribution in [3.05, 3.63) is 30.1 Å². The molecule has 0 saturated heterocycles. The zero-order valence-electron chi connectivity index (χ0n) is 9.81. The van der Waals surface area contributed by atoms with Crippen LogP contribution in [0.5, 0.6) is 0 Å². The van der Waals surface area contributed by atoms with Gasteiger partial charge in [-0.05, 0) is 12.1 Å². The van der Waals surface area contributed by atoms with Crippen LogP contribution >= 0.6 is 24.0 Å². The first-order valence-corrected chi connectivity index (χ1v) is 5.14. The van der Waals surface area contributed by atoms with E-state index < -0.39 is 0 Å². The molecule has 5 heteroatoms. The molecule has 2 N–H and O–H groups in total. The molecule has 0 aliphatic rings. The third-order valence-electron chi connectivity index (χ3n) is 1.98. The van der Waals surface area contributed by atoms with Crippen LogP contribution in [0.2, 0.25) is 0 Å². The predicted molar refractivity (Wildman–Crippen MR) is 81.6 cm³/mol. The van der Waals surface area contributed by atoms with E-state index in [-0.39, 0.29) is 24.0 Å². The smallest absolute Gasteiger partial charge is 0.191 e. The minimum Gasteiger partial charge on any atom is -0.356 e. The standard InChI is InChI=1S/C12H16N4.HI/c1-3-8-15-12(13-2)16-10-7-11-6-4-5-9-14-11;/h1,4-6,9H,7-8,10H2,2H3,(H2,13,15,16);1H. The molecule has 4 nitrogen and oxygen atoms in total. The minimum absolute atomic E-state index is 0. The van der Waals surface area contributed by atoms with E-state index in [1.165, 1.54) is 0 Å². The second-order valence-electron chi connectivity index (χ2n) is 3.13. The number of aliphatic imine (C=N–C) groups is 1. The van der Waals surface area contributed by atoms with Gasteiger partial charge in [-0.25, -0.2) is 0 Å². The maximum absolute atomic E-state index is 5.15. The highest BCUT2D eigenvalue weighted by Crippen LogP contribution is 1.92. The molecule has 0 amide bonds. The van der Waals surface area contributed by atoms with E-state index in [9.17, 15) is 0 Å². The topological polar surface area (TPSA) is 49.3 Å². The Kier molecular flexibility index (Phi) is 9.15. The summed E-state index contributed by atoms with van der Waals surface area (Å²) in [6.07, 6.45) is 7.80. The van der Waals surface area contributed by atoms with Crippen molar-refractivity contribution in [1.82, 2.24) is 15.6 Å². The van der Waals surface area contributed by atoms with Gasteiger partial charge in [-0.15, -0.1) is 30.4 Å². The molecule has 0 unspecified atom stereocenters. The molecule has 0 aliphatic heterocycles. The zero-order chi connectivity index (χ0) is 11.6. The number of terminal acetylenes is 1. The molecule has 0 saturated carbocycles. The van der Waals surface area contributed by atoms with Crippen molar-refractivity contribution in [1.29, 1.82) is 0 Å². The average molecular weight is 344 g/mol. The van der Waals surface area contributed by atoms with E-state index in [1.54, 1.807) is 13.2 Å². The molecule has 0 spiro atoms. The molecule has 1 heterocycles. The van der Waals surface area contributed by atoms with Crippen LogP contribution in [-0.2, 0) is 6.42 Å². The zero-order valence-corrected chi connectivity index (χ0v) is 12.1. The van der Waals surface area contributed by atoms with Crippen molar-refractivity contribution in [3.63, 3.8) is 0 Å². The van der Waals surface area contributed by atoms with E-state index in [4.69, 9.17) is 6.42 Å². The van der Waals surface area contributed by atoms with Gasteiger partial charge in [0.05, 0.1) is 6.54 Å². The van der Waals surface area contributed by atoms with Gasteiger partial charge >= 0.3 is 0 Å². The van der Waals surface area contributed by atoms with E-state index in [2.05, 4.69) is 26.5 Å². The van der Waals surface area contributed by atoms with Crippen LogP contribution in [0, 0.1) is 12.3 Å².